The van der Waals surface area contributed by atoms with Crippen molar-refractivity contribution < 1.29 is 14.3 Å². The molecule has 3 unspecified atom stereocenters. The van der Waals surface area contributed by atoms with Gasteiger partial charge >= 0.3 is 6.09 Å². The molecule has 2 saturated carbocycles. The van der Waals surface area contributed by atoms with Gasteiger partial charge in [-0.3, -0.25) is 4.79 Å². The molecule has 0 N–H and O–H groups in total. The average Bonchev–Trinajstić information content (AvgIpc) is 2.92. The summed E-state index contributed by atoms with van der Waals surface area (Å²) in [4.78, 5) is 24.4. The zero-order valence-electron chi connectivity index (χ0n) is 9.35. The van der Waals surface area contributed by atoms with Crippen molar-refractivity contribution in [3.05, 3.63) is 0 Å². The molecule has 0 aromatic heterocycles. The minimum Gasteiger partial charge on any atom is -0.447 e. The SMILES string of the molecule is O=C(CC1CC2CCC1C2)N1CCOC1=O. The fraction of sp³-hybridized carbons (Fsp3) is 0.833. The van der Waals surface area contributed by atoms with E-state index in [1.165, 1.54) is 30.6 Å². The van der Waals surface area contributed by atoms with Gasteiger partial charge < -0.3 is 4.74 Å². The second kappa shape index (κ2) is 3.75. The van der Waals surface area contributed by atoms with Crippen LogP contribution in [-0.4, -0.2) is 30.1 Å². The van der Waals surface area contributed by atoms with E-state index >= 15 is 0 Å². The maximum atomic E-state index is 11.9. The molecule has 1 aliphatic heterocycles. The maximum Gasteiger partial charge on any atom is 0.416 e. The Bertz CT molecular complexity index is 328. The molecule has 16 heavy (non-hydrogen) atoms. The van der Waals surface area contributed by atoms with E-state index in [1.807, 2.05) is 0 Å². The van der Waals surface area contributed by atoms with Gasteiger partial charge in [-0.05, 0) is 37.0 Å². The van der Waals surface area contributed by atoms with Crippen LogP contribution in [0.25, 0.3) is 0 Å². The largest absolute Gasteiger partial charge is 0.447 e. The molecule has 4 heteroatoms. The van der Waals surface area contributed by atoms with Crippen LogP contribution >= 0.6 is 0 Å². The van der Waals surface area contributed by atoms with E-state index in [0.717, 1.165) is 11.8 Å². The summed E-state index contributed by atoms with van der Waals surface area (Å²) in [5, 5.41) is 0. The van der Waals surface area contributed by atoms with Crippen molar-refractivity contribution >= 4 is 12.0 Å². The molecular formula is C12H17NO3. The highest BCUT2D eigenvalue weighted by Crippen LogP contribution is 2.49. The van der Waals surface area contributed by atoms with E-state index in [0.29, 0.717) is 25.5 Å². The Morgan fingerprint density at radius 2 is 2.25 bits per heavy atom. The summed E-state index contributed by atoms with van der Waals surface area (Å²) in [7, 11) is 0. The quantitative estimate of drug-likeness (QED) is 0.717. The molecule has 3 fully saturated rings. The zero-order valence-corrected chi connectivity index (χ0v) is 9.35. The van der Waals surface area contributed by atoms with Crippen LogP contribution in [0.4, 0.5) is 4.79 Å². The van der Waals surface area contributed by atoms with Gasteiger partial charge in [0.1, 0.15) is 6.61 Å². The first-order valence-electron chi connectivity index (χ1n) is 6.21. The van der Waals surface area contributed by atoms with Crippen LogP contribution in [0.3, 0.4) is 0 Å². The Labute approximate surface area is 94.9 Å². The summed E-state index contributed by atoms with van der Waals surface area (Å²) < 4.78 is 4.78. The van der Waals surface area contributed by atoms with Gasteiger partial charge in [0.15, 0.2) is 0 Å². The van der Waals surface area contributed by atoms with Crippen LogP contribution in [0, 0.1) is 17.8 Å². The molecule has 0 aromatic rings. The third-order valence-corrected chi connectivity index (χ3v) is 4.38. The van der Waals surface area contributed by atoms with Gasteiger partial charge in [0, 0.05) is 6.42 Å². The Kier molecular flexibility index (Phi) is 2.37. The number of amides is 2. The molecule has 0 spiro atoms. The monoisotopic (exact) mass is 223 g/mol. The van der Waals surface area contributed by atoms with Crippen molar-refractivity contribution in [1.29, 1.82) is 0 Å². The molecular weight excluding hydrogens is 206 g/mol. The molecule has 3 aliphatic rings. The van der Waals surface area contributed by atoms with Crippen molar-refractivity contribution in [2.24, 2.45) is 17.8 Å². The number of rotatable bonds is 2. The van der Waals surface area contributed by atoms with Crippen molar-refractivity contribution in [1.82, 2.24) is 4.90 Å². The molecule has 88 valence electrons. The van der Waals surface area contributed by atoms with E-state index in [1.54, 1.807) is 0 Å². The van der Waals surface area contributed by atoms with Crippen molar-refractivity contribution in [3.63, 3.8) is 0 Å². The van der Waals surface area contributed by atoms with Crippen LogP contribution in [0.5, 0.6) is 0 Å². The molecule has 0 radical (unpaired) electrons. The van der Waals surface area contributed by atoms with Crippen molar-refractivity contribution in [3.8, 4) is 0 Å². The van der Waals surface area contributed by atoms with Gasteiger partial charge in [-0.15, -0.1) is 0 Å². The summed E-state index contributed by atoms with van der Waals surface area (Å²) in [5.41, 5.74) is 0. The Morgan fingerprint density at radius 1 is 1.38 bits per heavy atom. The number of imide groups is 1. The third-order valence-electron chi connectivity index (χ3n) is 4.38. The van der Waals surface area contributed by atoms with Crippen molar-refractivity contribution in [2.45, 2.75) is 32.1 Å². The standard InChI is InChI=1S/C12H17NO3/c14-11(13-3-4-16-12(13)15)7-10-6-8-1-2-9(10)5-8/h8-10H,1-7H2. The number of hydrogen-bond donors (Lipinski definition) is 0. The van der Waals surface area contributed by atoms with Crippen LogP contribution in [-0.2, 0) is 9.53 Å². The molecule has 2 aliphatic carbocycles. The molecule has 2 bridgehead atoms. The number of hydrogen-bond acceptors (Lipinski definition) is 3. The fourth-order valence-corrected chi connectivity index (χ4v) is 3.58. The Hall–Kier alpha value is -1.06. The van der Waals surface area contributed by atoms with Crippen LogP contribution in [0.2, 0.25) is 0 Å². The Morgan fingerprint density at radius 3 is 2.81 bits per heavy atom. The normalized spacial score (nSPS) is 36.9. The van der Waals surface area contributed by atoms with E-state index < -0.39 is 6.09 Å². The lowest BCUT2D eigenvalue weighted by Gasteiger charge is -2.22. The van der Waals surface area contributed by atoms with E-state index in [-0.39, 0.29) is 5.91 Å². The number of ether oxygens (including phenoxy) is 1. The van der Waals surface area contributed by atoms with Gasteiger partial charge in [0.05, 0.1) is 6.54 Å². The smallest absolute Gasteiger partial charge is 0.416 e. The molecule has 0 aromatic carbocycles. The highest BCUT2D eigenvalue weighted by molar-refractivity contribution is 5.93. The number of cyclic esters (lactones) is 1. The van der Waals surface area contributed by atoms with Crippen LogP contribution in [0.15, 0.2) is 0 Å². The predicted molar refractivity (Wildman–Crippen MR) is 56.6 cm³/mol. The van der Waals surface area contributed by atoms with E-state index in [9.17, 15) is 9.59 Å². The second-order valence-electron chi connectivity index (χ2n) is 5.30. The summed E-state index contributed by atoms with van der Waals surface area (Å²) in [6, 6.07) is 0. The minimum atomic E-state index is -0.451. The van der Waals surface area contributed by atoms with Crippen LogP contribution in [0.1, 0.15) is 32.1 Å². The molecule has 2 amide bonds. The lowest BCUT2D eigenvalue weighted by atomic mass is 9.86. The first-order chi connectivity index (χ1) is 7.74. The lowest BCUT2D eigenvalue weighted by molar-refractivity contribution is -0.129. The lowest BCUT2D eigenvalue weighted by Crippen LogP contribution is -2.33. The fourth-order valence-electron chi connectivity index (χ4n) is 3.58. The molecule has 1 saturated heterocycles. The summed E-state index contributed by atoms with van der Waals surface area (Å²) in [5.74, 6) is 2.10. The number of nitrogens with zero attached hydrogens (tertiary/aromatic N) is 1. The summed E-state index contributed by atoms with van der Waals surface area (Å²) in [6.07, 6.45) is 5.24. The second-order valence-corrected chi connectivity index (χ2v) is 5.30. The molecule has 3 atom stereocenters. The van der Waals surface area contributed by atoms with Gasteiger partial charge in [-0.25, -0.2) is 9.69 Å². The number of carbonyl (C=O) groups is 2. The van der Waals surface area contributed by atoms with Gasteiger partial charge in [0.25, 0.3) is 0 Å². The highest BCUT2D eigenvalue weighted by Gasteiger charge is 2.41. The minimum absolute atomic E-state index is 0.0277. The van der Waals surface area contributed by atoms with Gasteiger partial charge in [-0.1, -0.05) is 6.42 Å². The first-order valence-corrected chi connectivity index (χ1v) is 6.21. The van der Waals surface area contributed by atoms with Crippen LogP contribution < -0.4 is 0 Å². The topological polar surface area (TPSA) is 46.6 Å². The first kappa shape index (κ1) is 10.1. The number of carbonyl (C=O) groups excluding carboxylic acids is 2. The molecule has 1 heterocycles. The van der Waals surface area contributed by atoms with E-state index in [2.05, 4.69) is 0 Å². The molecule has 3 rings (SSSR count). The number of fused-ring (bicyclic) bond motifs is 2. The highest BCUT2D eigenvalue weighted by atomic mass is 16.6. The zero-order chi connectivity index (χ0) is 11.1. The predicted octanol–water partition coefficient (Wildman–Crippen LogP) is 1.79. The summed E-state index contributed by atoms with van der Waals surface area (Å²) in [6.45, 7) is 0.805. The maximum absolute atomic E-state index is 11.9. The Balaban J connectivity index is 1.58. The van der Waals surface area contributed by atoms with Gasteiger partial charge in [-0.2, -0.15) is 0 Å². The van der Waals surface area contributed by atoms with E-state index in [4.69, 9.17) is 4.74 Å². The van der Waals surface area contributed by atoms with Gasteiger partial charge in [0.2, 0.25) is 5.91 Å². The molecule has 4 nitrogen and oxygen atoms in total. The van der Waals surface area contributed by atoms with Crippen molar-refractivity contribution in [2.75, 3.05) is 13.2 Å². The third kappa shape index (κ3) is 1.60. The summed E-state index contributed by atoms with van der Waals surface area (Å²) >= 11 is 0. The average molecular weight is 223 g/mol.